The number of nitrogens with zero attached hydrogens (tertiary/aromatic N) is 3. The van der Waals surface area contributed by atoms with Gasteiger partial charge >= 0.3 is 0 Å². The maximum absolute atomic E-state index is 6.31. The van der Waals surface area contributed by atoms with E-state index in [1.54, 1.807) is 0 Å². The van der Waals surface area contributed by atoms with E-state index in [1.165, 1.54) is 87.3 Å². The van der Waals surface area contributed by atoms with Crippen molar-refractivity contribution in [1.82, 2.24) is 8.80 Å². The van der Waals surface area contributed by atoms with Gasteiger partial charge in [-0.05, 0) is 130 Å². The summed E-state index contributed by atoms with van der Waals surface area (Å²) >= 11 is 0. The average molecular weight is 846 g/mol. The van der Waals surface area contributed by atoms with Crippen molar-refractivity contribution < 1.29 is 4.42 Å². The zero-order valence-corrected chi connectivity index (χ0v) is 39.2. The largest absolute Gasteiger partial charge is 0.456 e. The van der Waals surface area contributed by atoms with Gasteiger partial charge in [-0.25, -0.2) is 0 Å². The number of benzene rings is 7. The van der Waals surface area contributed by atoms with Gasteiger partial charge in [0.05, 0.1) is 33.1 Å². The molecule has 0 fully saturated rings. The van der Waals surface area contributed by atoms with Crippen LogP contribution in [-0.4, -0.2) is 8.80 Å². The van der Waals surface area contributed by atoms with Crippen LogP contribution < -0.4 is 10.1 Å². The highest BCUT2D eigenvalue weighted by Crippen LogP contribution is 2.50. The van der Waals surface area contributed by atoms with Crippen molar-refractivity contribution in [2.45, 2.75) is 86.0 Å². The van der Waals surface area contributed by atoms with Gasteiger partial charge in [-0.2, -0.15) is 0 Å². The van der Waals surface area contributed by atoms with Gasteiger partial charge in [0.25, 0.3) is 0 Å². The van der Waals surface area contributed by atoms with Crippen molar-refractivity contribution in [1.29, 1.82) is 0 Å². The quantitative estimate of drug-likeness (QED) is 0.177. The minimum absolute atomic E-state index is 0.0118. The van der Waals surface area contributed by atoms with Crippen LogP contribution in [0.15, 0.2) is 138 Å². The SMILES string of the molecule is CC1c2c3cc4c(cc3n3c2c(c2ccc(N(c5ccccc5)c5ccc6oc7ccccc7c6c5)cc23)=CC1C(C)(C)C)c1cc(C(C)(C)C)cc2c3cc(C(C)(C)C)ccc3n4c21. The van der Waals surface area contributed by atoms with Crippen LogP contribution >= 0.6 is 0 Å². The van der Waals surface area contributed by atoms with Crippen LogP contribution in [0, 0.1) is 11.3 Å². The molecule has 65 heavy (non-hydrogen) atoms. The van der Waals surface area contributed by atoms with E-state index in [0.717, 1.165) is 39.0 Å². The first-order valence-electron chi connectivity index (χ1n) is 23.5. The number of rotatable bonds is 3. The highest BCUT2D eigenvalue weighted by molar-refractivity contribution is 6.25. The lowest BCUT2D eigenvalue weighted by atomic mass is 9.69. The number of furan rings is 1. The molecule has 5 heterocycles. The summed E-state index contributed by atoms with van der Waals surface area (Å²) in [6.45, 7) is 23.8. The van der Waals surface area contributed by atoms with E-state index < -0.39 is 0 Å². The Morgan fingerprint density at radius 2 is 1.05 bits per heavy atom. The summed E-state index contributed by atoms with van der Waals surface area (Å²) in [6, 6.07) is 50.3. The van der Waals surface area contributed by atoms with Crippen molar-refractivity contribution in [3.05, 3.63) is 155 Å². The third-order valence-electron chi connectivity index (χ3n) is 15.2. The molecule has 0 amide bonds. The molecule has 7 aromatic carbocycles. The molecule has 0 saturated carbocycles. The van der Waals surface area contributed by atoms with Gasteiger partial charge in [0.2, 0.25) is 0 Å². The maximum Gasteiger partial charge on any atom is 0.135 e. The minimum Gasteiger partial charge on any atom is -0.456 e. The Morgan fingerprint density at radius 1 is 0.446 bits per heavy atom. The van der Waals surface area contributed by atoms with Crippen LogP contribution in [0.25, 0.3) is 93.4 Å². The van der Waals surface area contributed by atoms with Gasteiger partial charge in [0, 0.05) is 65.4 Å². The Bertz CT molecular complexity index is 4020. The maximum atomic E-state index is 6.31. The van der Waals surface area contributed by atoms with Crippen LogP contribution in [0.2, 0.25) is 0 Å². The van der Waals surface area contributed by atoms with E-state index in [-0.39, 0.29) is 16.2 Å². The summed E-state index contributed by atoms with van der Waals surface area (Å²) in [5.41, 5.74) is 17.3. The van der Waals surface area contributed by atoms with Crippen molar-refractivity contribution >= 4 is 110 Å². The van der Waals surface area contributed by atoms with Gasteiger partial charge in [-0.15, -0.1) is 0 Å². The van der Waals surface area contributed by atoms with E-state index in [4.69, 9.17) is 4.42 Å². The summed E-state index contributed by atoms with van der Waals surface area (Å²) in [5, 5.41) is 11.6. The summed E-state index contributed by atoms with van der Waals surface area (Å²) in [7, 11) is 0. The topological polar surface area (TPSA) is 25.2 Å². The molecule has 0 N–H and O–H groups in total. The van der Waals surface area contributed by atoms with Gasteiger partial charge in [0.1, 0.15) is 11.2 Å². The first-order valence-corrected chi connectivity index (χ1v) is 23.5. The third kappa shape index (κ3) is 5.31. The minimum atomic E-state index is -0.0118. The molecule has 0 saturated heterocycles. The van der Waals surface area contributed by atoms with Crippen molar-refractivity contribution in [2.75, 3.05) is 4.90 Å². The highest BCUT2D eigenvalue weighted by atomic mass is 16.3. The van der Waals surface area contributed by atoms with E-state index in [9.17, 15) is 0 Å². The zero-order chi connectivity index (χ0) is 44.6. The zero-order valence-electron chi connectivity index (χ0n) is 39.2. The first kappa shape index (κ1) is 38.7. The van der Waals surface area contributed by atoms with Crippen LogP contribution in [0.4, 0.5) is 17.1 Å². The summed E-state index contributed by atoms with van der Waals surface area (Å²) < 4.78 is 11.5. The Hall–Kier alpha value is -6.78. The fourth-order valence-electron chi connectivity index (χ4n) is 12.0. The molecule has 4 heteroatoms. The van der Waals surface area contributed by atoms with Crippen molar-refractivity contribution in [2.24, 2.45) is 11.3 Å². The second kappa shape index (κ2) is 12.7. The first-order chi connectivity index (χ1) is 31.0. The van der Waals surface area contributed by atoms with E-state index in [2.05, 4.69) is 216 Å². The van der Waals surface area contributed by atoms with Crippen molar-refractivity contribution in [3.8, 4) is 0 Å². The monoisotopic (exact) mass is 845 g/mol. The predicted molar refractivity (Wildman–Crippen MR) is 277 cm³/mol. The molecule has 13 rings (SSSR count). The van der Waals surface area contributed by atoms with Gasteiger partial charge in [-0.1, -0.05) is 124 Å². The lowest BCUT2D eigenvalue weighted by molar-refractivity contribution is 0.276. The summed E-state index contributed by atoms with van der Waals surface area (Å²) in [6.07, 6.45) is 2.62. The number of hydrogen-bond donors (Lipinski definition) is 0. The number of para-hydroxylation sites is 2. The molecule has 0 aliphatic heterocycles. The van der Waals surface area contributed by atoms with Gasteiger partial charge in [-0.3, -0.25) is 0 Å². The molecule has 2 atom stereocenters. The normalized spacial score (nSPS) is 16.3. The Labute approximate surface area is 379 Å². The molecular formula is C61H55N3O. The highest BCUT2D eigenvalue weighted by Gasteiger charge is 2.37. The van der Waals surface area contributed by atoms with Gasteiger partial charge < -0.3 is 18.1 Å². The molecule has 0 radical (unpaired) electrons. The number of anilines is 3. The van der Waals surface area contributed by atoms with Gasteiger partial charge in [0.15, 0.2) is 0 Å². The second-order valence-electron chi connectivity index (χ2n) is 22.4. The molecular weight excluding hydrogens is 791 g/mol. The average Bonchev–Trinajstić information content (AvgIpc) is 4.06. The Balaban J connectivity index is 1.14. The smallest absolute Gasteiger partial charge is 0.135 e. The van der Waals surface area contributed by atoms with E-state index >= 15 is 0 Å². The lowest BCUT2D eigenvalue weighted by Crippen LogP contribution is -2.28. The lowest BCUT2D eigenvalue weighted by Gasteiger charge is -2.35. The molecule has 0 bridgehead atoms. The van der Waals surface area contributed by atoms with Crippen LogP contribution in [0.5, 0.6) is 0 Å². The van der Waals surface area contributed by atoms with Crippen LogP contribution in [0.1, 0.15) is 91.8 Å². The molecule has 320 valence electrons. The summed E-state index contributed by atoms with van der Waals surface area (Å²) in [5.74, 6) is 0.690. The number of fused-ring (bicyclic) bond motifs is 15. The molecule has 5 aromatic heterocycles. The predicted octanol–water partition coefficient (Wildman–Crippen LogP) is 16.6. The Kier molecular flexibility index (Phi) is 7.57. The fraction of sp³-hybridized carbons (Fsp3) is 0.246. The van der Waals surface area contributed by atoms with Crippen LogP contribution in [-0.2, 0) is 10.8 Å². The molecule has 12 aromatic rings. The molecule has 4 nitrogen and oxygen atoms in total. The van der Waals surface area contributed by atoms with E-state index in [1.807, 2.05) is 6.07 Å². The summed E-state index contributed by atoms with van der Waals surface area (Å²) in [4.78, 5) is 2.41. The van der Waals surface area contributed by atoms with E-state index in [0.29, 0.717) is 11.8 Å². The van der Waals surface area contributed by atoms with Crippen LogP contribution in [0.3, 0.4) is 0 Å². The standard InChI is InChI=1S/C61H55N3O/c1-34-49(61(8,9)10)31-47-40-23-21-39(62(37-16-12-11-13-17-37)38-22-25-55-44(29-38)41-18-14-15-19-54(41)65-55)30-51(40)64-53-32-43-46-28-36(60(5,6)7)27-45-42-26-35(59(2,3)4)20-24-50(42)63(57(45)46)52(43)33-48(53)56(34)58(47)64/h11-34,49H,1-10H3. The third-order valence-corrected chi connectivity index (χ3v) is 15.2. The molecule has 0 spiro atoms. The number of aromatic nitrogens is 2. The Morgan fingerprint density at radius 3 is 1.78 bits per heavy atom. The molecule has 2 unspecified atom stereocenters. The molecule has 1 aliphatic rings. The van der Waals surface area contributed by atoms with Crippen molar-refractivity contribution in [3.63, 3.8) is 0 Å². The molecule has 1 aliphatic carbocycles. The number of hydrogen-bond acceptors (Lipinski definition) is 2. The second-order valence-corrected chi connectivity index (χ2v) is 22.4. The fourth-order valence-corrected chi connectivity index (χ4v) is 12.0.